The molecule has 2 rings (SSSR count). The highest BCUT2D eigenvalue weighted by molar-refractivity contribution is 6.40. The molecule has 0 aliphatic heterocycles. The highest BCUT2D eigenvalue weighted by atomic mass is 35.5. The summed E-state index contributed by atoms with van der Waals surface area (Å²) >= 11 is 18.0. The van der Waals surface area contributed by atoms with Crippen LogP contribution < -0.4 is 10.5 Å². The maximum absolute atomic E-state index is 12.3. The van der Waals surface area contributed by atoms with Crippen LogP contribution in [0, 0.1) is 0 Å². The smallest absolute Gasteiger partial charge is 0.329 e. The minimum absolute atomic E-state index is 0.152. The van der Waals surface area contributed by atoms with E-state index in [0.29, 0.717) is 33.9 Å². The van der Waals surface area contributed by atoms with Crippen molar-refractivity contribution in [2.24, 2.45) is 5.73 Å². The first-order valence-electron chi connectivity index (χ1n) is 8.26. The van der Waals surface area contributed by atoms with E-state index in [1.807, 2.05) is 6.92 Å². The maximum Gasteiger partial charge on any atom is 0.329 e. The first kappa shape index (κ1) is 24.0. The molecule has 1 heterocycles. The second-order valence-electron chi connectivity index (χ2n) is 5.38. The number of halogens is 3. The van der Waals surface area contributed by atoms with Gasteiger partial charge in [-0.25, -0.2) is 9.78 Å². The van der Waals surface area contributed by atoms with E-state index in [2.05, 4.69) is 10.7 Å². The quantitative estimate of drug-likeness (QED) is 0.665. The molecule has 154 valence electrons. The number of rotatable bonds is 7. The summed E-state index contributed by atoms with van der Waals surface area (Å²) in [5.74, 6) is -0.603. The van der Waals surface area contributed by atoms with Gasteiger partial charge in [-0.2, -0.15) is 0 Å². The number of carboxylic acids is 1. The van der Waals surface area contributed by atoms with E-state index in [-0.39, 0.29) is 19.2 Å². The van der Waals surface area contributed by atoms with Gasteiger partial charge in [-0.1, -0.05) is 41.7 Å². The second kappa shape index (κ2) is 12.5. The van der Waals surface area contributed by atoms with Crippen molar-refractivity contribution in [2.75, 3.05) is 26.2 Å². The minimum Gasteiger partial charge on any atom is -0.489 e. The zero-order valence-electron chi connectivity index (χ0n) is 15.1. The standard InChI is InChI=1S/C15H16Cl3N3O2.C2H5NO2/c1-2-4-20(15(22)21-5-3-19-10-21)6-7-23-14-12(17)8-11(16)9-13(14)18;3-1-2(4)5/h3,5,8-10H,2,4,6-7H2,1H3;1,3H2,(H,4,5). The Kier molecular flexibility index (Phi) is 10.7. The molecule has 0 fully saturated rings. The molecule has 2 aromatic rings. The fourth-order valence-corrected chi connectivity index (χ4v) is 2.96. The number of amides is 1. The molecule has 0 atom stereocenters. The van der Waals surface area contributed by atoms with Crippen molar-refractivity contribution in [3.63, 3.8) is 0 Å². The number of hydrogen-bond acceptors (Lipinski definition) is 5. The largest absolute Gasteiger partial charge is 0.489 e. The average Bonchev–Trinajstić information content (AvgIpc) is 3.17. The fourth-order valence-electron chi connectivity index (χ4n) is 2.03. The van der Waals surface area contributed by atoms with Gasteiger partial charge in [-0.3, -0.25) is 9.36 Å². The zero-order chi connectivity index (χ0) is 21.1. The van der Waals surface area contributed by atoms with Crippen LogP contribution in [0.25, 0.3) is 0 Å². The molecule has 3 N–H and O–H groups in total. The number of benzene rings is 1. The van der Waals surface area contributed by atoms with Gasteiger partial charge < -0.3 is 20.5 Å². The van der Waals surface area contributed by atoms with Crippen molar-refractivity contribution in [1.29, 1.82) is 0 Å². The van der Waals surface area contributed by atoms with Gasteiger partial charge in [0.05, 0.1) is 23.1 Å². The van der Waals surface area contributed by atoms with Crippen LogP contribution in [0.1, 0.15) is 13.3 Å². The van der Waals surface area contributed by atoms with Crippen LogP contribution in [0.3, 0.4) is 0 Å². The molecule has 1 aromatic heterocycles. The SMILES string of the molecule is CCCN(CCOc1c(Cl)cc(Cl)cc1Cl)C(=O)n1ccnc1.NCC(=O)O. The van der Waals surface area contributed by atoms with E-state index in [1.54, 1.807) is 29.4 Å². The number of imidazole rings is 1. The summed E-state index contributed by atoms with van der Waals surface area (Å²) in [6.45, 7) is 3.01. The number of carbonyl (C=O) groups is 2. The van der Waals surface area contributed by atoms with E-state index in [0.717, 1.165) is 6.42 Å². The lowest BCUT2D eigenvalue weighted by Crippen LogP contribution is -2.37. The first-order valence-corrected chi connectivity index (χ1v) is 9.39. The van der Waals surface area contributed by atoms with Crippen LogP contribution in [0.5, 0.6) is 5.75 Å². The van der Waals surface area contributed by atoms with Crippen molar-refractivity contribution < 1.29 is 19.4 Å². The third-order valence-corrected chi connectivity index (χ3v) is 4.01. The van der Waals surface area contributed by atoms with E-state index >= 15 is 0 Å². The highest BCUT2D eigenvalue weighted by Crippen LogP contribution is 2.35. The topological polar surface area (TPSA) is 111 Å². The Morgan fingerprint density at radius 2 is 1.86 bits per heavy atom. The number of carboxylic acid groups (broad SMARTS) is 1. The predicted octanol–water partition coefficient (Wildman–Crippen LogP) is 3.63. The summed E-state index contributed by atoms with van der Waals surface area (Å²) in [6, 6.07) is 2.97. The Hall–Kier alpha value is -2.00. The van der Waals surface area contributed by atoms with Gasteiger partial charge in [-0.05, 0) is 18.6 Å². The van der Waals surface area contributed by atoms with Crippen molar-refractivity contribution in [3.05, 3.63) is 45.9 Å². The normalized spacial score (nSPS) is 10.0. The molecule has 28 heavy (non-hydrogen) atoms. The minimum atomic E-state index is -0.968. The summed E-state index contributed by atoms with van der Waals surface area (Å²) in [5.41, 5.74) is 4.57. The lowest BCUT2D eigenvalue weighted by Gasteiger charge is -2.22. The zero-order valence-corrected chi connectivity index (χ0v) is 17.4. The predicted molar refractivity (Wildman–Crippen MR) is 109 cm³/mol. The van der Waals surface area contributed by atoms with Crippen molar-refractivity contribution in [1.82, 2.24) is 14.5 Å². The Morgan fingerprint density at radius 1 is 1.25 bits per heavy atom. The lowest BCUT2D eigenvalue weighted by atomic mass is 10.3. The Morgan fingerprint density at radius 3 is 2.32 bits per heavy atom. The molecule has 11 heteroatoms. The number of nitrogens with two attached hydrogens (primary N) is 1. The van der Waals surface area contributed by atoms with E-state index < -0.39 is 5.97 Å². The Balaban J connectivity index is 0.000000696. The molecule has 8 nitrogen and oxygen atoms in total. The molecule has 0 radical (unpaired) electrons. The highest BCUT2D eigenvalue weighted by Gasteiger charge is 2.15. The van der Waals surface area contributed by atoms with Gasteiger partial charge >= 0.3 is 12.0 Å². The summed E-state index contributed by atoms with van der Waals surface area (Å²) in [5, 5.41) is 8.71. The molecule has 0 saturated heterocycles. The van der Waals surface area contributed by atoms with Crippen LogP contribution in [0.2, 0.25) is 15.1 Å². The monoisotopic (exact) mass is 450 g/mol. The van der Waals surface area contributed by atoms with Gasteiger partial charge in [0.2, 0.25) is 0 Å². The Labute approximate surface area is 177 Å². The molecule has 0 spiro atoms. The average molecular weight is 452 g/mol. The van der Waals surface area contributed by atoms with E-state index in [9.17, 15) is 9.59 Å². The summed E-state index contributed by atoms with van der Waals surface area (Å²) in [7, 11) is 0. The molecular formula is C17H21Cl3N4O4. The molecule has 0 aliphatic carbocycles. The summed E-state index contributed by atoms with van der Waals surface area (Å²) in [6.07, 6.45) is 5.48. The van der Waals surface area contributed by atoms with Gasteiger partial charge in [-0.15, -0.1) is 0 Å². The van der Waals surface area contributed by atoms with E-state index in [4.69, 9.17) is 44.6 Å². The maximum atomic E-state index is 12.3. The van der Waals surface area contributed by atoms with Crippen LogP contribution in [-0.2, 0) is 4.79 Å². The van der Waals surface area contributed by atoms with Crippen molar-refractivity contribution in [3.8, 4) is 5.75 Å². The van der Waals surface area contributed by atoms with Gasteiger partial charge in [0, 0.05) is 24.0 Å². The number of ether oxygens (including phenoxy) is 1. The van der Waals surface area contributed by atoms with Crippen LogP contribution in [-0.4, -0.2) is 57.8 Å². The van der Waals surface area contributed by atoms with E-state index in [1.165, 1.54) is 10.9 Å². The second-order valence-corrected chi connectivity index (χ2v) is 6.64. The molecule has 1 aromatic carbocycles. The Bertz CT molecular complexity index is 749. The van der Waals surface area contributed by atoms with Crippen LogP contribution in [0.4, 0.5) is 4.79 Å². The van der Waals surface area contributed by atoms with Gasteiger partial charge in [0.1, 0.15) is 12.9 Å². The van der Waals surface area contributed by atoms with Crippen LogP contribution >= 0.6 is 34.8 Å². The molecule has 0 aliphatic rings. The van der Waals surface area contributed by atoms with Gasteiger partial charge in [0.15, 0.2) is 5.75 Å². The van der Waals surface area contributed by atoms with Crippen molar-refractivity contribution in [2.45, 2.75) is 13.3 Å². The number of aliphatic carboxylic acids is 1. The van der Waals surface area contributed by atoms with Gasteiger partial charge in [0.25, 0.3) is 0 Å². The summed E-state index contributed by atoms with van der Waals surface area (Å²) in [4.78, 5) is 27.1. The number of aromatic nitrogens is 2. The fraction of sp³-hybridized carbons (Fsp3) is 0.353. The molecular weight excluding hydrogens is 431 g/mol. The third-order valence-electron chi connectivity index (χ3n) is 3.23. The number of carbonyl (C=O) groups excluding carboxylic acids is 1. The molecule has 1 amide bonds. The molecule has 0 bridgehead atoms. The lowest BCUT2D eigenvalue weighted by molar-refractivity contribution is -0.135. The molecule has 0 unspecified atom stereocenters. The summed E-state index contributed by atoms with van der Waals surface area (Å²) < 4.78 is 7.05. The molecule has 0 saturated carbocycles. The number of nitrogens with zero attached hydrogens (tertiary/aromatic N) is 3. The van der Waals surface area contributed by atoms with Crippen LogP contribution in [0.15, 0.2) is 30.9 Å². The number of hydrogen-bond donors (Lipinski definition) is 2. The third kappa shape index (κ3) is 7.93. The first-order chi connectivity index (χ1) is 13.3. The van der Waals surface area contributed by atoms with Crippen molar-refractivity contribution >= 4 is 46.8 Å².